The Labute approximate surface area is 62.3 Å². The van der Waals surface area contributed by atoms with Crippen LogP contribution in [-0.2, 0) is 6.42 Å². The Morgan fingerprint density at radius 2 is 2.20 bits per heavy atom. The van der Waals surface area contributed by atoms with E-state index >= 15 is 0 Å². The van der Waals surface area contributed by atoms with Crippen molar-refractivity contribution >= 4 is 0 Å². The van der Waals surface area contributed by atoms with E-state index in [9.17, 15) is 0 Å². The standard InChI is InChI=1S/C6H9NO.C2H6/c1-2-3-6-7-4-5-8-6;1-2/h4-5H,2-3H2,1H3;1-2H3. The van der Waals surface area contributed by atoms with Gasteiger partial charge in [0, 0.05) is 6.42 Å². The zero-order valence-corrected chi connectivity index (χ0v) is 6.92. The molecule has 58 valence electrons. The number of aryl methyl sites for hydroxylation is 1. The van der Waals surface area contributed by atoms with E-state index in [2.05, 4.69) is 11.9 Å². The van der Waals surface area contributed by atoms with Crippen molar-refractivity contribution in [2.24, 2.45) is 0 Å². The van der Waals surface area contributed by atoms with Gasteiger partial charge in [0.25, 0.3) is 0 Å². The lowest BCUT2D eigenvalue weighted by molar-refractivity contribution is 0.491. The van der Waals surface area contributed by atoms with Crippen LogP contribution in [0.4, 0.5) is 0 Å². The van der Waals surface area contributed by atoms with Gasteiger partial charge in [0.15, 0.2) is 5.89 Å². The lowest BCUT2D eigenvalue weighted by Crippen LogP contribution is -1.78. The van der Waals surface area contributed by atoms with Crippen molar-refractivity contribution in [1.29, 1.82) is 0 Å². The minimum Gasteiger partial charge on any atom is -0.449 e. The molecule has 2 heteroatoms. The lowest BCUT2D eigenvalue weighted by Gasteiger charge is -1.84. The van der Waals surface area contributed by atoms with Crippen LogP contribution in [0.2, 0.25) is 0 Å². The Kier molecular flexibility index (Phi) is 5.83. The Morgan fingerprint density at radius 3 is 2.60 bits per heavy atom. The highest BCUT2D eigenvalue weighted by atomic mass is 16.3. The topological polar surface area (TPSA) is 26.0 Å². The Balaban J connectivity index is 0.000000371. The van der Waals surface area contributed by atoms with Crippen LogP contribution in [0.25, 0.3) is 0 Å². The van der Waals surface area contributed by atoms with Gasteiger partial charge < -0.3 is 4.42 Å². The average Bonchev–Trinajstić information content (AvgIpc) is 2.46. The van der Waals surface area contributed by atoms with E-state index in [4.69, 9.17) is 4.42 Å². The molecule has 0 saturated carbocycles. The molecule has 0 aliphatic heterocycles. The summed E-state index contributed by atoms with van der Waals surface area (Å²) in [4.78, 5) is 3.94. The molecule has 2 nitrogen and oxygen atoms in total. The van der Waals surface area contributed by atoms with E-state index in [0.717, 1.165) is 18.7 Å². The molecule has 1 aromatic rings. The van der Waals surface area contributed by atoms with Crippen LogP contribution < -0.4 is 0 Å². The van der Waals surface area contributed by atoms with Gasteiger partial charge in [-0.1, -0.05) is 20.8 Å². The van der Waals surface area contributed by atoms with Crippen LogP contribution in [0.1, 0.15) is 33.1 Å². The van der Waals surface area contributed by atoms with Crippen molar-refractivity contribution in [2.45, 2.75) is 33.6 Å². The maximum absolute atomic E-state index is 4.96. The summed E-state index contributed by atoms with van der Waals surface area (Å²) in [5, 5.41) is 0. The summed E-state index contributed by atoms with van der Waals surface area (Å²) in [6.07, 6.45) is 5.32. The van der Waals surface area contributed by atoms with Gasteiger partial charge in [-0.25, -0.2) is 4.98 Å². The monoisotopic (exact) mass is 141 g/mol. The third kappa shape index (κ3) is 3.28. The molecule has 0 bridgehead atoms. The number of hydrogen-bond donors (Lipinski definition) is 0. The first kappa shape index (κ1) is 9.21. The first-order chi connectivity index (χ1) is 4.93. The number of nitrogens with zero attached hydrogens (tertiary/aromatic N) is 1. The quantitative estimate of drug-likeness (QED) is 0.632. The highest BCUT2D eigenvalue weighted by Gasteiger charge is 1.90. The van der Waals surface area contributed by atoms with Gasteiger partial charge in [0.05, 0.1) is 6.20 Å². The predicted octanol–water partition coefficient (Wildman–Crippen LogP) is 2.65. The fourth-order valence-electron chi connectivity index (χ4n) is 0.590. The van der Waals surface area contributed by atoms with Gasteiger partial charge in [0.1, 0.15) is 6.26 Å². The van der Waals surface area contributed by atoms with E-state index in [1.54, 1.807) is 12.5 Å². The number of aromatic nitrogens is 1. The molecular weight excluding hydrogens is 126 g/mol. The van der Waals surface area contributed by atoms with Crippen molar-refractivity contribution in [2.75, 3.05) is 0 Å². The molecule has 0 radical (unpaired) electrons. The van der Waals surface area contributed by atoms with Crippen LogP contribution in [0, 0.1) is 0 Å². The van der Waals surface area contributed by atoms with E-state index in [-0.39, 0.29) is 0 Å². The summed E-state index contributed by atoms with van der Waals surface area (Å²) in [6.45, 7) is 6.10. The molecule has 1 rings (SSSR count). The number of hydrogen-bond acceptors (Lipinski definition) is 2. The molecule has 0 fully saturated rings. The van der Waals surface area contributed by atoms with Crippen LogP contribution in [0.5, 0.6) is 0 Å². The Hall–Kier alpha value is -0.790. The van der Waals surface area contributed by atoms with Crippen LogP contribution in [-0.4, -0.2) is 4.98 Å². The maximum atomic E-state index is 4.96. The molecule has 0 saturated heterocycles. The van der Waals surface area contributed by atoms with Crippen molar-refractivity contribution in [3.8, 4) is 0 Å². The highest BCUT2D eigenvalue weighted by molar-refractivity contribution is 4.78. The molecule has 0 spiro atoms. The average molecular weight is 141 g/mol. The molecular formula is C8H15NO. The third-order valence-corrected chi connectivity index (χ3v) is 0.947. The SMILES string of the molecule is CC.CCCc1ncco1. The number of rotatable bonds is 2. The molecule has 0 aromatic carbocycles. The molecule has 0 atom stereocenters. The highest BCUT2D eigenvalue weighted by Crippen LogP contribution is 1.96. The number of oxazole rings is 1. The van der Waals surface area contributed by atoms with Crippen LogP contribution in [0.3, 0.4) is 0 Å². The summed E-state index contributed by atoms with van der Waals surface area (Å²) >= 11 is 0. The first-order valence-corrected chi connectivity index (χ1v) is 3.82. The summed E-state index contributed by atoms with van der Waals surface area (Å²) in [5.41, 5.74) is 0. The summed E-state index contributed by atoms with van der Waals surface area (Å²) in [5.74, 6) is 0.840. The molecule has 10 heavy (non-hydrogen) atoms. The summed E-state index contributed by atoms with van der Waals surface area (Å²) in [7, 11) is 0. The van der Waals surface area contributed by atoms with E-state index < -0.39 is 0 Å². The molecule has 0 N–H and O–H groups in total. The van der Waals surface area contributed by atoms with Crippen molar-refractivity contribution in [1.82, 2.24) is 4.98 Å². The van der Waals surface area contributed by atoms with Gasteiger partial charge in [-0.05, 0) is 6.42 Å². The van der Waals surface area contributed by atoms with Gasteiger partial charge in [0.2, 0.25) is 0 Å². The lowest BCUT2D eigenvalue weighted by atomic mass is 10.3. The Bertz CT molecular complexity index is 135. The molecule has 1 heterocycles. The van der Waals surface area contributed by atoms with Crippen LogP contribution >= 0.6 is 0 Å². The molecule has 1 aromatic heterocycles. The first-order valence-electron chi connectivity index (χ1n) is 3.82. The van der Waals surface area contributed by atoms with Gasteiger partial charge >= 0.3 is 0 Å². The van der Waals surface area contributed by atoms with Crippen LogP contribution in [0.15, 0.2) is 16.9 Å². The zero-order chi connectivity index (χ0) is 7.82. The minimum absolute atomic E-state index is 0.840. The summed E-state index contributed by atoms with van der Waals surface area (Å²) in [6, 6.07) is 0. The normalized spacial score (nSPS) is 8.30. The fourth-order valence-corrected chi connectivity index (χ4v) is 0.590. The molecule has 0 amide bonds. The molecule has 0 aliphatic rings. The summed E-state index contributed by atoms with van der Waals surface area (Å²) < 4.78 is 4.96. The van der Waals surface area contributed by atoms with Gasteiger partial charge in [-0.3, -0.25) is 0 Å². The van der Waals surface area contributed by atoms with E-state index in [1.807, 2.05) is 13.8 Å². The molecule has 0 unspecified atom stereocenters. The van der Waals surface area contributed by atoms with E-state index in [1.165, 1.54) is 0 Å². The largest absolute Gasteiger partial charge is 0.449 e. The van der Waals surface area contributed by atoms with Crippen molar-refractivity contribution < 1.29 is 4.42 Å². The molecule has 0 aliphatic carbocycles. The zero-order valence-electron chi connectivity index (χ0n) is 6.92. The van der Waals surface area contributed by atoms with Gasteiger partial charge in [-0.15, -0.1) is 0 Å². The second kappa shape index (κ2) is 6.33. The van der Waals surface area contributed by atoms with Gasteiger partial charge in [-0.2, -0.15) is 0 Å². The van der Waals surface area contributed by atoms with Crippen molar-refractivity contribution in [3.63, 3.8) is 0 Å². The maximum Gasteiger partial charge on any atom is 0.193 e. The van der Waals surface area contributed by atoms with E-state index in [0.29, 0.717) is 0 Å². The second-order valence-electron chi connectivity index (χ2n) is 1.68. The minimum atomic E-state index is 0.840. The fraction of sp³-hybridized carbons (Fsp3) is 0.625. The second-order valence-corrected chi connectivity index (χ2v) is 1.68. The van der Waals surface area contributed by atoms with Crippen molar-refractivity contribution in [3.05, 3.63) is 18.4 Å². The Morgan fingerprint density at radius 1 is 1.50 bits per heavy atom. The predicted molar refractivity (Wildman–Crippen MR) is 41.8 cm³/mol. The third-order valence-electron chi connectivity index (χ3n) is 0.947. The smallest absolute Gasteiger partial charge is 0.193 e.